The molecule has 0 saturated carbocycles. The molecule has 128 valence electrons. The number of aromatic amines is 1. The summed E-state index contributed by atoms with van der Waals surface area (Å²) in [4.78, 5) is 15.3. The second-order valence-corrected chi connectivity index (χ2v) is 5.31. The SMILES string of the molecule is CCOc1ccc(/C=N\NC(=O)c2cc3c(OC)cccc3[nH]2)cc1. The summed E-state index contributed by atoms with van der Waals surface area (Å²) in [6, 6.07) is 14.8. The molecule has 0 aliphatic heterocycles. The van der Waals surface area contributed by atoms with Gasteiger partial charge in [0.25, 0.3) is 5.91 Å². The molecule has 2 N–H and O–H groups in total. The molecule has 0 fully saturated rings. The molecule has 0 spiro atoms. The second-order valence-electron chi connectivity index (χ2n) is 5.31. The van der Waals surface area contributed by atoms with Crippen molar-refractivity contribution >= 4 is 23.0 Å². The van der Waals surface area contributed by atoms with E-state index in [2.05, 4.69) is 15.5 Å². The third kappa shape index (κ3) is 3.80. The molecule has 3 aromatic rings. The molecular weight excluding hydrogens is 318 g/mol. The first-order valence-electron chi connectivity index (χ1n) is 7.93. The van der Waals surface area contributed by atoms with Crippen LogP contribution in [-0.2, 0) is 0 Å². The van der Waals surface area contributed by atoms with Crippen molar-refractivity contribution in [2.45, 2.75) is 6.92 Å². The molecular formula is C19H19N3O3. The van der Waals surface area contributed by atoms with Gasteiger partial charge < -0.3 is 14.5 Å². The van der Waals surface area contributed by atoms with Crippen molar-refractivity contribution in [3.8, 4) is 11.5 Å². The molecule has 0 bridgehead atoms. The van der Waals surface area contributed by atoms with E-state index < -0.39 is 0 Å². The molecule has 1 heterocycles. The number of amides is 1. The number of hydrogen-bond donors (Lipinski definition) is 2. The number of carbonyl (C=O) groups excluding carboxylic acids is 1. The molecule has 0 atom stereocenters. The fourth-order valence-corrected chi connectivity index (χ4v) is 2.47. The highest BCUT2D eigenvalue weighted by molar-refractivity contribution is 6.00. The number of H-pyrrole nitrogens is 1. The van der Waals surface area contributed by atoms with E-state index >= 15 is 0 Å². The topological polar surface area (TPSA) is 75.7 Å². The Balaban J connectivity index is 1.68. The number of rotatable bonds is 6. The maximum Gasteiger partial charge on any atom is 0.287 e. The maximum atomic E-state index is 12.2. The van der Waals surface area contributed by atoms with E-state index in [0.29, 0.717) is 18.1 Å². The molecule has 0 unspecified atom stereocenters. The van der Waals surface area contributed by atoms with E-state index in [-0.39, 0.29) is 5.91 Å². The molecule has 0 aliphatic carbocycles. The number of aromatic nitrogens is 1. The van der Waals surface area contributed by atoms with Crippen LogP contribution in [0.1, 0.15) is 23.0 Å². The quantitative estimate of drug-likeness (QED) is 0.535. The minimum absolute atomic E-state index is 0.319. The minimum atomic E-state index is -0.319. The van der Waals surface area contributed by atoms with Gasteiger partial charge in [0.05, 0.1) is 19.9 Å². The van der Waals surface area contributed by atoms with Gasteiger partial charge in [-0.15, -0.1) is 0 Å². The normalized spacial score (nSPS) is 11.0. The first kappa shape index (κ1) is 16.6. The van der Waals surface area contributed by atoms with Gasteiger partial charge in [-0.1, -0.05) is 6.07 Å². The van der Waals surface area contributed by atoms with Crippen LogP contribution in [0, 0.1) is 0 Å². The number of hydrazone groups is 1. The molecule has 3 rings (SSSR count). The molecule has 2 aromatic carbocycles. The second kappa shape index (κ2) is 7.53. The molecule has 0 saturated heterocycles. The fourth-order valence-electron chi connectivity index (χ4n) is 2.47. The molecule has 25 heavy (non-hydrogen) atoms. The number of nitrogens with zero attached hydrogens (tertiary/aromatic N) is 1. The van der Waals surface area contributed by atoms with Crippen LogP contribution in [0.5, 0.6) is 11.5 Å². The number of ether oxygens (including phenoxy) is 2. The van der Waals surface area contributed by atoms with Crippen molar-refractivity contribution in [2.24, 2.45) is 5.10 Å². The number of benzene rings is 2. The minimum Gasteiger partial charge on any atom is -0.496 e. The number of nitrogens with one attached hydrogen (secondary N) is 2. The molecule has 1 amide bonds. The lowest BCUT2D eigenvalue weighted by molar-refractivity contribution is 0.0951. The molecule has 6 heteroatoms. The number of hydrogen-bond acceptors (Lipinski definition) is 4. The van der Waals surface area contributed by atoms with Crippen molar-refractivity contribution < 1.29 is 14.3 Å². The maximum absolute atomic E-state index is 12.2. The summed E-state index contributed by atoms with van der Waals surface area (Å²) in [6.07, 6.45) is 1.58. The zero-order chi connectivity index (χ0) is 17.6. The van der Waals surface area contributed by atoms with E-state index in [1.165, 1.54) is 0 Å². The number of carbonyl (C=O) groups is 1. The Labute approximate surface area is 145 Å². The number of methoxy groups -OCH3 is 1. The molecule has 6 nitrogen and oxygen atoms in total. The third-order valence-corrected chi connectivity index (χ3v) is 3.66. The van der Waals surface area contributed by atoms with Gasteiger partial charge >= 0.3 is 0 Å². The summed E-state index contributed by atoms with van der Waals surface area (Å²) in [5.74, 6) is 1.20. The van der Waals surface area contributed by atoms with E-state index in [9.17, 15) is 4.79 Å². The lowest BCUT2D eigenvalue weighted by Gasteiger charge is -2.02. The summed E-state index contributed by atoms with van der Waals surface area (Å²) < 4.78 is 10.7. The predicted octanol–water partition coefficient (Wildman–Crippen LogP) is 3.34. The predicted molar refractivity (Wildman–Crippen MR) is 97.5 cm³/mol. The highest BCUT2D eigenvalue weighted by Gasteiger charge is 2.11. The van der Waals surface area contributed by atoms with Crippen molar-refractivity contribution in [3.05, 3.63) is 59.8 Å². The monoisotopic (exact) mass is 337 g/mol. The van der Waals surface area contributed by atoms with Crippen LogP contribution < -0.4 is 14.9 Å². The van der Waals surface area contributed by atoms with E-state index in [1.807, 2.05) is 49.4 Å². The van der Waals surface area contributed by atoms with Crippen LogP contribution in [0.25, 0.3) is 10.9 Å². The summed E-state index contributed by atoms with van der Waals surface area (Å²) in [5, 5.41) is 4.84. The van der Waals surface area contributed by atoms with Crippen molar-refractivity contribution in [3.63, 3.8) is 0 Å². The summed E-state index contributed by atoms with van der Waals surface area (Å²) in [5.41, 5.74) is 4.63. The van der Waals surface area contributed by atoms with Crippen molar-refractivity contribution in [1.29, 1.82) is 0 Å². The Kier molecular flexibility index (Phi) is 4.99. The van der Waals surface area contributed by atoms with E-state index in [1.54, 1.807) is 19.4 Å². The average molecular weight is 337 g/mol. The van der Waals surface area contributed by atoms with E-state index in [0.717, 1.165) is 22.2 Å². The molecule has 0 aliphatic rings. The highest BCUT2D eigenvalue weighted by Crippen LogP contribution is 2.25. The zero-order valence-corrected chi connectivity index (χ0v) is 14.1. The van der Waals surface area contributed by atoms with Crippen LogP contribution in [0.15, 0.2) is 53.6 Å². The number of fused-ring (bicyclic) bond motifs is 1. The summed E-state index contributed by atoms with van der Waals surface area (Å²) >= 11 is 0. The smallest absolute Gasteiger partial charge is 0.287 e. The lowest BCUT2D eigenvalue weighted by atomic mass is 10.2. The summed E-state index contributed by atoms with van der Waals surface area (Å²) in [6.45, 7) is 2.56. The van der Waals surface area contributed by atoms with Crippen LogP contribution in [0.4, 0.5) is 0 Å². The van der Waals surface area contributed by atoms with Crippen LogP contribution in [-0.4, -0.2) is 30.8 Å². The van der Waals surface area contributed by atoms with Gasteiger partial charge in [-0.05, 0) is 55.0 Å². The Morgan fingerprint density at radius 1 is 1.24 bits per heavy atom. The Morgan fingerprint density at radius 3 is 2.76 bits per heavy atom. The van der Waals surface area contributed by atoms with Gasteiger partial charge in [0.15, 0.2) is 0 Å². The molecule has 0 radical (unpaired) electrons. The van der Waals surface area contributed by atoms with Crippen LogP contribution in [0.2, 0.25) is 0 Å². The van der Waals surface area contributed by atoms with Crippen LogP contribution in [0.3, 0.4) is 0 Å². The summed E-state index contributed by atoms with van der Waals surface area (Å²) in [7, 11) is 1.60. The van der Waals surface area contributed by atoms with Gasteiger partial charge in [0, 0.05) is 10.9 Å². The Bertz CT molecular complexity index is 898. The zero-order valence-electron chi connectivity index (χ0n) is 14.1. The Hall–Kier alpha value is -3.28. The first-order valence-corrected chi connectivity index (χ1v) is 7.93. The van der Waals surface area contributed by atoms with E-state index in [4.69, 9.17) is 9.47 Å². The fraction of sp³-hybridized carbons (Fsp3) is 0.158. The average Bonchev–Trinajstić information content (AvgIpc) is 3.07. The van der Waals surface area contributed by atoms with Gasteiger partial charge in [-0.3, -0.25) is 4.79 Å². The standard InChI is InChI=1S/C19H19N3O3/c1-3-25-14-9-7-13(8-10-14)12-20-22-19(23)17-11-15-16(21-17)5-4-6-18(15)24-2/h4-12,21H,3H2,1-2H3,(H,22,23)/b20-12-. The highest BCUT2D eigenvalue weighted by atomic mass is 16.5. The lowest BCUT2D eigenvalue weighted by Crippen LogP contribution is -2.17. The largest absolute Gasteiger partial charge is 0.496 e. The first-order chi connectivity index (χ1) is 12.2. The molecule has 1 aromatic heterocycles. The van der Waals surface area contributed by atoms with Crippen molar-refractivity contribution in [2.75, 3.05) is 13.7 Å². The van der Waals surface area contributed by atoms with Crippen molar-refractivity contribution in [1.82, 2.24) is 10.4 Å². The Morgan fingerprint density at radius 2 is 2.04 bits per heavy atom. The third-order valence-electron chi connectivity index (χ3n) is 3.66. The van der Waals surface area contributed by atoms with Gasteiger partial charge in [0.1, 0.15) is 17.2 Å². The van der Waals surface area contributed by atoms with Crippen LogP contribution >= 0.6 is 0 Å². The van der Waals surface area contributed by atoms with Gasteiger partial charge in [-0.25, -0.2) is 5.43 Å². The van der Waals surface area contributed by atoms with Gasteiger partial charge in [-0.2, -0.15) is 5.10 Å². The van der Waals surface area contributed by atoms with Gasteiger partial charge in [0.2, 0.25) is 0 Å².